The van der Waals surface area contributed by atoms with Crippen LogP contribution < -0.4 is 5.32 Å². The number of aromatic nitrogens is 2. The van der Waals surface area contributed by atoms with Gasteiger partial charge in [0.15, 0.2) is 0 Å². The van der Waals surface area contributed by atoms with E-state index in [1.165, 1.54) is 41.1 Å². The predicted octanol–water partition coefficient (Wildman–Crippen LogP) is 5.13. The van der Waals surface area contributed by atoms with E-state index in [-0.39, 0.29) is 12.2 Å². The first-order valence-corrected chi connectivity index (χ1v) is 9.48. The molecule has 10 heteroatoms. The molecule has 0 aliphatic rings. The topological polar surface area (TPSA) is 90.1 Å². The van der Waals surface area contributed by atoms with Gasteiger partial charge in [-0.3, -0.25) is 19.6 Å². The number of hydrogen-bond donors (Lipinski definition) is 1. The first-order chi connectivity index (χ1) is 15.0. The molecule has 0 spiro atoms. The predicted molar refractivity (Wildman–Crippen MR) is 113 cm³/mol. The van der Waals surface area contributed by atoms with E-state index in [2.05, 4.69) is 10.4 Å². The Morgan fingerprint density at radius 3 is 2.59 bits per heavy atom. The van der Waals surface area contributed by atoms with Gasteiger partial charge in [-0.05, 0) is 43.2 Å². The highest BCUT2D eigenvalue weighted by atomic mass is 19.4. The number of benzene rings is 2. The van der Waals surface area contributed by atoms with Crippen molar-refractivity contribution in [3.05, 3.63) is 92.8 Å². The Kier molecular flexibility index (Phi) is 6.42. The molecule has 0 radical (unpaired) electrons. The molecule has 0 aliphatic heterocycles. The smallest absolute Gasteiger partial charge is 0.319 e. The van der Waals surface area contributed by atoms with Crippen LogP contribution in [0.25, 0.3) is 6.08 Å². The summed E-state index contributed by atoms with van der Waals surface area (Å²) in [6, 6.07) is 10.8. The Morgan fingerprint density at radius 2 is 1.91 bits per heavy atom. The van der Waals surface area contributed by atoms with Gasteiger partial charge in [0.2, 0.25) is 5.91 Å². The van der Waals surface area contributed by atoms with Gasteiger partial charge in [-0.2, -0.15) is 18.3 Å². The number of carbonyl (C=O) groups excluding carboxylic acids is 1. The Labute approximate surface area is 181 Å². The molecule has 0 unspecified atom stereocenters. The number of rotatable bonds is 6. The SMILES string of the molecule is Cc1nn(Cc2cccc(C(F)(F)F)c2)c(C)c1NC(=O)/C=C/c1cccc([N+](=O)[O-])c1. The lowest BCUT2D eigenvalue weighted by molar-refractivity contribution is -0.384. The van der Waals surface area contributed by atoms with Crippen LogP contribution in [-0.2, 0) is 17.5 Å². The second-order valence-corrected chi connectivity index (χ2v) is 7.08. The van der Waals surface area contributed by atoms with E-state index in [9.17, 15) is 28.1 Å². The molecular formula is C22H19F3N4O3. The van der Waals surface area contributed by atoms with Gasteiger partial charge in [-0.1, -0.05) is 24.3 Å². The van der Waals surface area contributed by atoms with Crippen molar-refractivity contribution in [2.45, 2.75) is 26.6 Å². The number of nitro groups is 1. The third-order valence-corrected chi connectivity index (χ3v) is 4.72. The van der Waals surface area contributed by atoms with Gasteiger partial charge < -0.3 is 5.32 Å². The van der Waals surface area contributed by atoms with E-state index in [4.69, 9.17) is 0 Å². The number of anilines is 1. The Balaban J connectivity index is 1.74. The minimum absolute atomic E-state index is 0.0879. The number of carbonyl (C=O) groups is 1. The van der Waals surface area contributed by atoms with Crippen molar-refractivity contribution in [1.29, 1.82) is 0 Å². The van der Waals surface area contributed by atoms with Gasteiger partial charge in [0.1, 0.15) is 0 Å². The van der Waals surface area contributed by atoms with Crippen molar-refractivity contribution < 1.29 is 22.9 Å². The molecule has 2 aromatic carbocycles. The fraction of sp³-hybridized carbons (Fsp3) is 0.182. The molecule has 1 heterocycles. The van der Waals surface area contributed by atoms with E-state index >= 15 is 0 Å². The highest BCUT2D eigenvalue weighted by Gasteiger charge is 2.30. The normalized spacial score (nSPS) is 11.7. The summed E-state index contributed by atoms with van der Waals surface area (Å²) < 4.78 is 40.4. The third-order valence-electron chi connectivity index (χ3n) is 4.72. The molecule has 3 rings (SSSR count). The van der Waals surface area contributed by atoms with Crippen LogP contribution in [0.1, 0.15) is 28.1 Å². The van der Waals surface area contributed by atoms with Crippen LogP contribution in [0, 0.1) is 24.0 Å². The van der Waals surface area contributed by atoms with Gasteiger partial charge in [-0.15, -0.1) is 0 Å². The molecule has 0 saturated carbocycles. The van der Waals surface area contributed by atoms with Crippen LogP contribution in [0.3, 0.4) is 0 Å². The molecule has 0 saturated heterocycles. The quantitative estimate of drug-likeness (QED) is 0.324. The fourth-order valence-corrected chi connectivity index (χ4v) is 3.13. The van der Waals surface area contributed by atoms with E-state index in [0.717, 1.165) is 12.1 Å². The number of amides is 1. The molecule has 0 atom stereocenters. The molecular weight excluding hydrogens is 425 g/mol. The summed E-state index contributed by atoms with van der Waals surface area (Å²) in [5, 5.41) is 17.9. The van der Waals surface area contributed by atoms with Gasteiger partial charge in [0.25, 0.3) is 5.69 Å². The van der Waals surface area contributed by atoms with Crippen molar-refractivity contribution in [1.82, 2.24) is 9.78 Å². The zero-order valence-corrected chi connectivity index (χ0v) is 17.2. The molecule has 1 amide bonds. The van der Waals surface area contributed by atoms with Gasteiger partial charge in [0, 0.05) is 18.2 Å². The monoisotopic (exact) mass is 444 g/mol. The summed E-state index contributed by atoms with van der Waals surface area (Å²) in [7, 11) is 0. The van der Waals surface area contributed by atoms with E-state index in [1.54, 1.807) is 26.0 Å². The summed E-state index contributed by atoms with van der Waals surface area (Å²) >= 11 is 0. The zero-order chi connectivity index (χ0) is 23.5. The Morgan fingerprint density at radius 1 is 1.19 bits per heavy atom. The molecule has 3 aromatic rings. The van der Waals surface area contributed by atoms with Gasteiger partial charge >= 0.3 is 6.18 Å². The molecule has 7 nitrogen and oxygen atoms in total. The second-order valence-electron chi connectivity index (χ2n) is 7.08. The van der Waals surface area contributed by atoms with Gasteiger partial charge in [0.05, 0.1) is 34.1 Å². The van der Waals surface area contributed by atoms with Crippen LogP contribution in [-0.4, -0.2) is 20.6 Å². The van der Waals surface area contributed by atoms with E-state index in [0.29, 0.717) is 28.2 Å². The van der Waals surface area contributed by atoms with Crippen LogP contribution in [0.15, 0.2) is 54.6 Å². The largest absolute Gasteiger partial charge is 0.416 e. The van der Waals surface area contributed by atoms with Crippen molar-refractivity contribution >= 4 is 23.4 Å². The Bertz CT molecular complexity index is 1200. The summed E-state index contributed by atoms with van der Waals surface area (Å²) in [5.74, 6) is -0.471. The van der Waals surface area contributed by atoms with Crippen LogP contribution in [0.5, 0.6) is 0 Å². The number of hydrogen-bond acceptors (Lipinski definition) is 4. The summed E-state index contributed by atoms with van der Waals surface area (Å²) in [6.07, 6.45) is -1.75. The molecule has 1 aromatic heterocycles. The molecule has 0 fully saturated rings. The lowest BCUT2D eigenvalue weighted by Crippen LogP contribution is -2.10. The van der Waals surface area contributed by atoms with E-state index < -0.39 is 22.6 Å². The lowest BCUT2D eigenvalue weighted by Gasteiger charge is -2.10. The summed E-state index contributed by atoms with van der Waals surface area (Å²) in [5.41, 5.74) is 1.62. The lowest BCUT2D eigenvalue weighted by atomic mass is 10.1. The first-order valence-electron chi connectivity index (χ1n) is 9.48. The number of nitro benzene ring substituents is 1. The van der Waals surface area contributed by atoms with Crippen molar-refractivity contribution in [2.24, 2.45) is 0 Å². The summed E-state index contributed by atoms with van der Waals surface area (Å²) in [4.78, 5) is 22.7. The fourth-order valence-electron chi connectivity index (χ4n) is 3.13. The maximum atomic E-state index is 12.9. The number of nitrogens with zero attached hydrogens (tertiary/aromatic N) is 3. The number of halogens is 3. The van der Waals surface area contributed by atoms with Crippen molar-refractivity contribution in [3.8, 4) is 0 Å². The zero-order valence-electron chi connectivity index (χ0n) is 17.2. The van der Waals surface area contributed by atoms with Crippen LogP contribution >= 0.6 is 0 Å². The van der Waals surface area contributed by atoms with Crippen molar-refractivity contribution in [3.63, 3.8) is 0 Å². The average molecular weight is 444 g/mol. The van der Waals surface area contributed by atoms with E-state index in [1.807, 2.05) is 0 Å². The number of non-ortho nitro benzene ring substituents is 1. The highest BCUT2D eigenvalue weighted by molar-refractivity contribution is 6.02. The maximum Gasteiger partial charge on any atom is 0.416 e. The average Bonchev–Trinajstić information content (AvgIpc) is 2.99. The summed E-state index contributed by atoms with van der Waals surface area (Å²) in [6.45, 7) is 3.49. The minimum atomic E-state index is -4.43. The molecule has 0 bridgehead atoms. The number of aryl methyl sites for hydroxylation is 1. The van der Waals surface area contributed by atoms with Crippen LogP contribution in [0.2, 0.25) is 0 Å². The molecule has 32 heavy (non-hydrogen) atoms. The first kappa shape index (κ1) is 22.7. The van der Waals surface area contributed by atoms with Gasteiger partial charge in [-0.25, -0.2) is 0 Å². The number of nitrogens with one attached hydrogen (secondary N) is 1. The minimum Gasteiger partial charge on any atom is -0.319 e. The third kappa shape index (κ3) is 5.39. The number of alkyl halides is 3. The highest BCUT2D eigenvalue weighted by Crippen LogP contribution is 2.30. The molecule has 0 aliphatic carbocycles. The maximum absolute atomic E-state index is 12.9. The standard InChI is InChI=1S/C22H19F3N4O3/c1-14-21(26-20(30)10-9-16-5-4-8-19(12-16)29(31)32)15(2)28(27-14)13-17-6-3-7-18(11-17)22(23,24)25/h3-12H,13H2,1-2H3,(H,26,30)/b10-9+. The van der Waals surface area contributed by atoms with Crippen molar-refractivity contribution in [2.75, 3.05) is 5.32 Å². The molecule has 1 N–H and O–H groups in total. The molecule has 166 valence electrons. The van der Waals surface area contributed by atoms with Crippen LogP contribution in [0.4, 0.5) is 24.5 Å². The Hall–Kier alpha value is -3.95. The second kappa shape index (κ2) is 9.04.